The van der Waals surface area contributed by atoms with Crippen molar-refractivity contribution in [1.82, 2.24) is 0 Å². The molecule has 0 amide bonds. The number of esters is 2. The Labute approximate surface area is 242 Å². The highest BCUT2D eigenvalue weighted by Gasteiger charge is 2.71. The second-order valence-corrected chi connectivity index (χ2v) is 16.1. The van der Waals surface area contributed by atoms with Gasteiger partial charge < -0.3 is 14.2 Å². The summed E-state index contributed by atoms with van der Waals surface area (Å²) < 4.78 is 18.5. The van der Waals surface area contributed by atoms with Crippen LogP contribution in [0.15, 0.2) is 0 Å². The van der Waals surface area contributed by atoms with Gasteiger partial charge in [-0.2, -0.15) is 0 Å². The van der Waals surface area contributed by atoms with Crippen LogP contribution >= 0.6 is 0 Å². The van der Waals surface area contributed by atoms with Gasteiger partial charge in [0.05, 0.1) is 18.3 Å². The molecule has 226 valence electrons. The van der Waals surface area contributed by atoms with Crippen LogP contribution in [0.1, 0.15) is 127 Å². The molecule has 0 spiro atoms. The monoisotopic (exact) mass is 558 g/mol. The largest absolute Gasteiger partial charge is 0.465 e. The minimum atomic E-state index is -0.637. The number of ketones is 1. The van der Waals surface area contributed by atoms with Crippen LogP contribution in [-0.2, 0) is 28.6 Å². The third-order valence-corrected chi connectivity index (χ3v) is 13.7. The molecule has 1 heterocycles. The molecule has 40 heavy (non-hydrogen) atoms. The van der Waals surface area contributed by atoms with Gasteiger partial charge in [0.2, 0.25) is 0 Å². The van der Waals surface area contributed by atoms with Crippen molar-refractivity contribution in [1.29, 1.82) is 0 Å². The van der Waals surface area contributed by atoms with Crippen molar-refractivity contribution in [2.24, 2.45) is 45.3 Å². The molecule has 4 saturated carbocycles. The van der Waals surface area contributed by atoms with E-state index in [0.29, 0.717) is 36.6 Å². The Morgan fingerprint density at radius 2 is 1.50 bits per heavy atom. The number of fused-ring (bicyclic) bond motifs is 5. The number of hydrogen-bond acceptors (Lipinski definition) is 6. The van der Waals surface area contributed by atoms with E-state index in [9.17, 15) is 14.4 Å². The lowest BCUT2D eigenvalue weighted by Crippen LogP contribution is -2.65. The predicted molar refractivity (Wildman–Crippen MR) is 153 cm³/mol. The van der Waals surface area contributed by atoms with E-state index in [0.717, 1.165) is 51.4 Å². The molecule has 0 radical (unpaired) electrons. The first kappa shape index (κ1) is 30.0. The summed E-state index contributed by atoms with van der Waals surface area (Å²) in [5, 5.41) is 0. The summed E-state index contributed by atoms with van der Waals surface area (Å²) in [4.78, 5) is 37.1. The van der Waals surface area contributed by atoms with Gasteiger partial charge in [-0.15, -0.1) is 0 Å². The van der Waals surface area contributed by atoms with E-state index < -0.39 is 5.60 Å². The molecule has 4 aliphatic carbocycles. The Balaban J connectivity index is 1.45. The molecule has 1 aliphatic heterocycles. The van der Waals surface area contributed by atoms with Gasteiger partial charge in [-0.25, -0.2) is 0 Å². The summed E-state index contributed by atoms with van der Waals surface area (Å²) in [6.07, 6.45) is 10.00. The average molecular weight is 559 g/mol. The number of carbonyl (C=O) groups is 3. The standard InChI is InChI=1S/C34H54O6/c1-21(35)38-20-34-19-14-27(37)29(3,4)25(34)13-17-32(8)26(34)11-10-23-24(12-16-31(23,32)7)33(9)18-15-28(40-33)30(5,6)39-22(2)36/h23-26,28H,10-20H2,1-9H3/t23-,24+,25+,26+,28+,31-,32-,33+,34-/m1/s1. The SMILES string of the molecule is CC(=O)OC[C@]12CCC(=O)C(C)(C)[C@@H]1CC[C@]1(C)[C@@H]2CC[C@@H]2[C@@H]([C@]3(C)CC[C@@H](C(C)(C)OC(C)=O)O3)CC[C@]21C. The van der Waals surface area contributed by atoms with Crippen molar-refractivity contribution in [3.63, 3.8) is 0 Å². The van der Waals surface area contributed by atoms with E-state index >= 15 is 0 Å². The molecular weight excluding hydrogens is 504 g/mol. The van der Waals surface area contributed by atoms with Crippen molar-refractivity contribution < 1.29 is 28.6 Å². The van der Waals surface area contributed by atoms with E-state index in [2.05, 4.69) is 34.6 Å². The third-order valence-electron chi connectivity index (χ3n) is 13.7. The molecule has 5 fully saturated rings. The summed E-state index contributed by atoms with van der Waals surface area (Å²) in [6.45, 7) is 19.1. The van der Waals surface area contributed by atoms with E-state index in [1.54, 1.807) is 0 Å². The quantitative estimate of drug-likeness (QED) is 0.336. The van der Waals surface area contributed by atoms with Crippen molar-refractivity contribution in [2.75, 3.05) is 6.61 Å². The smallest absolute Gasteiger partial charge is 0.303 e. The Morgan fingerprint density at radius 1 is 0.825 bits per heavy atom. The first-order chi connectivity index (χ1) is 18.4. The number of carbonyl (C=O) groups excluding carboxylic acids is 3. The van der Waals surface area contributed by atoms with Gasteiger partial charge in [0.1, 0.15) is 11.4 Å². The predicted octanol–water partition coefficient (Wildman–Crippen LogP) is 7.06. The third kappa shape index (κ3) is 4.23. The summed E-state index contributed by atoms with van der Waals surface area (Å²) in [6, 6.07) is 0. The first-order valence-corrected chi connectivity index (χ1v) is 16.0. The van der Waals surface area contributed by atoms with Crippen LogP contribution in [0.3, 0.4) is 0 Å². The Kier molecular flexibility index (Phi) is 7.17. The second-order valence-electron chi connectivity index (χ2n) is 16.1. The molecule has 0 bridgehead atoms. The number of ether oxygens (including phenoxy) is 3. The van der Waals surface area contributed by atoms with E-state index in [1.165, 1.54) is 20.3 Å². The van der Waals surface area contributed by atoms with Crippen LogP contribution in [-0.4, -0.2) is 41.6 Å². The minimum absolute atomic E-state index is 0.0929. The molecule has 0 aromatic rings. The molecule has 6 nitrogen and oxygen atoms in total. The zero-order valence-electron chi connectivity index (χ0n) is 26.6. The van der Waals surface area contributed by atoms with Crippen LogP contribution in [0.5, 0.6) is 0 Å². The summed E-state index contributed by atoms with van der Waals surface area (Å²) in [7, 11) is 0. The molecule has 0 aromatic heterocycles. The summed E-state index contributed by atoms with van der Waals surface area (Å²) in [5.74, 6) is 1.61. The summed E-state index contributed by atoms with van der Waals surface area (Å²) in [5.41, 5.74) is -1.11. The van der Waals surface area contributed by atoms with Gasteiger partial charge in [0, 0.05) is 31.1 Å². The molecule has 5 rings (SSSR count). The fourth-order valence-corrected chi connectivity index (χ4v) is 11.5. The molecular formula is C34H54O6. The average Bonchev–Trinajstić information content (AvgIpc) is 3.42. The highest BCUT2D eigenvalue weighted by molar-refractivity contribution is 5.85. The van der Waals surface area contributed by atoms with Gasteiger partial charge in [-0.3, -0.25) is 14.4 Å². The van der Waals surface area contributed by atoms with Gasteiger partial charge in [-0.05, 0) is 113 Å². The van der Waals surface area contributed by atoms with E-state index in [4.69, 9.17) is 14.2 Å². The van der Waals surface area contributed by atoms with Crippen LogP contribution in [0.4, 0.5) is 0 Å². The van der Waals surface area contributed by atoms with E-state index in [-0.39, 0.29) is 51.2 Å². The highest BCUT2D eigenvalue weighted by atomic mass is 16.6. The van der Waals surface area contributed by atoms with Crippen LogP contribution in [0, 0.1) is 45.3 Å². The fourth-order valence-electron chi connectivity index (χ4n) is 11.5. The van der Waals surface area contributed by atoms with Crippen molar-refractivity contribution >= 4 is 17.7 Å². The Morgan fingerprint density at radius 3 is 2.15 bits per heavy atom. The van der Waals surface area contributed by atoms with Crippen molar-refractivity contribution in [3.8, 4) is 0 Å². The molecule has 5 aliphatic rings. The Bertz CT molecular complexity index is 1060. The lowest BCUT2D eigenvalue weighted by Gasteiger charge is -2.69. The zero-order valence-corrected chi connectivity index (χ0v) is 26.6. The lowest BCUT2D eigenvalue weighted by molar-refractivity contribution is -0.228. The van der Waals surface area contributed by atoms with Crippen LogP contribution < -0.4 is 0 Å². The molecule has 6 heteroatoms. The first-order valence-electron chi connectivity index (χ1n) is 16.0. The second kappa shape index (κ2) is 9.54. The topological polar surface area (TPSA) is 78.9 Å². The molecule has 9 atom stereocenters. The van der Waals surface area contributed by atoms with E-state index in [1.807, 2.05) is 13.8 Å². The highest BCUT2D eigenvalue weighted by Crippen LogP contribution is 2.76. The minimum Gasteiger partial charge on any atom is -0.465 e. The summed E-state index contributed by atoms with van der Waals surface area (Å²) >= 11 is 0. The maximum atomic E-state index is 13.2. The number of rotatable bonds is 5. The number of hydrogen-bond donors (Lipinski definition) is 0. The van der Waals surface area contributed by atoms with Crippen LogP contribution in [0.2, 0.25) is 0 Å². The van der Waals surface area contributed by atoms with Crippen molar-refractivity contribution in [2.45, 2.75) is 144 Å². The Hall–Kier alpha value is -1.43. The van der Waals surface area contributed by atoms with Crippen LogP contribution in [0.25, 0.3) is 0 Å². The zero-order chi connectivity index (χ0) is 29.5. The molecule has 0 N–H and O–H groups in total. The van der Waals surface area contributed by atoms with Gasteiger partial charge in [0.25, 0.3) is 0 Å². The van der Waals surface area contributed by atoms with Gasteiger partial charge in [0.15, 0.2) is 0 Å². The van der Waals surface area contributed by atoms with Crippen molar-refractivity contribution in [3.05, 3.63) is 0 Å². The maximum Gasteiger partial charge on any atom is 0.303 e. The molecule has 0 unspecified atom stereocenters. The van der Waals surface area contributed by atoms with Gasteiger partial charge in [-0.1, -0.05) is 27.7 Å². The maximum absolute atomic E-state index is 13.2. The molecule has 0 aromatic carbocycles. The number of Topliss-reactive ketones (excluding diaryl/α,β-unsaturated/α-hetero) is 1. The lowest BCUT2D eigenvalue weighted by atomic mass is 9.35. The fraction of sp³-hybridized carbons (Fsp3) is 0.912. The normalized spacial score (nSPS) is 46.2. The molecule has 1 saturated heterocycles. The van der Waals surface area contributed by atoms with Gasteiger partial charge >= 0.3 is 11.9 Å².